The van der Waals surface area contributed by atoms with Gasteiger partial charge in [-0.05, 0) is 67.2 Å². The Morgan fingerprint density at radius 3 is 2.71 bits per heavy atom. The van der Waals surface area contributed by atoms with Crippen LogP contribution < -0.4 is 0 Å². The minimum atomic E-state index is 0.921. The fourth-order valence-electron chi connectivity index (χ4n) is 3.60. The standard InChI is InChI=1S/C14H18/c1-9-6-7-10(2)14-12-5-3-4-11(12)8-13(9)14/h6-7,11-12H,3-5,8H2,1-2H3. The summed E-state index contributed by atoms with van der Waals surface area (Å²) in [6.45, 7) is 4.57. The van der Waals surface area contributed by atoms with Crippen LogP contribution in [0.15, 0.2) is 12.1 Å². The summed E-state index contributed by atoms with van der Waals surface area (Å²) in [7, 11) is 0. The van der Waals surface area contributed by atoms with Gasteiger partial charge in [0.2, 0.25) is 0 Å². The molecule has 2 atom stereocenters. The van der Waals surface area contributed by atoms with Crippen molar-refractivity contribution in [3.8, 4) is 0 Å². The van der Waals surface area contributed by atoms with Gasteiger partial charge in [-0.25, -0.2) is 0 Å². The molecule has 14 heavy (non-hydrogen) atoms. The Morgan fingerprint density at radius 2 is 1.86 bits per heavy atom. The second-order valence-electron chi connectivity index (χ2n) is 5.09. The lowest BCUT2D eigenvalue weighted by Gasteiger charge is -2.13. The molecule has 0 heterocycles. The fraction of sp³-hybridized carbons (Fsp3) is 0.571. The molecule has 2 aliphatic rings. The van der Waals surface area contributed by atoms with Gasteiger partial charge in [0.05, 0.1) is 0 Å². The number of rotatable bonds is 0. The third-order valence-electron chi connectivity index (χ3n) is 4.31. The predicted octanol–water partition coefficient (Wildman–Crippen LogP) is 3.74. The van der Waals surface area contributed by atoms with Gasteiger partial charge >= 0.3 is 0 Å². The third-order valence-corrected chi connectivity index (χ3v) is 4.31. The van der Waals surface area contributed by atoms with Crippen molar-refractivity contribution in [2.24, 2.45) is 5.92 Å². The maximum atomic E-state index is 2.31. The zero-order valence-corrected chi connectivity index (χ0v) is 9.14. The van der Waals surface area contributed by atoms with Crippen LogP contribution in [-0.4, -0.2) is 0 Å². The van der Waals surface area contributed by atoms with E-state index in [-0.39, 0.29) is 0 Å². The normalized spacial score (nSPS) is 29.0. The fourth-order valence-corrected chi connectivity index (χ4v) is 3.60. The largest absolute Gasteiger partial charge is 0.0588 e. The highest BCUT2D eigenvalue weighted by Crippen LogP contribution is 2.50. The molecule has 74 valence electrons. The smallest absolute Gasteiger partial charge is 0.0125 e. The first-order valence-electron chi connectivity index (χ1n) is 5.86. The van der Waals surface area contributed by atoms with E-state index in [0.717, 1.165) is 11.8 Å². The Hall–Kier alpha value is -0.780. The zero-order valence-electron chi connectivity index (χ0n) is 9.14. The lowest BCUT2D eigenvalue weighted by molar-refractivity contribution is 0.526. The molecule has 3 rings (SSSR count). The van der Waals surface area contributed by atoms with Crippen molar-refractivity contribution in [1.29, 1.82) is 0 Å². The third kappa shape index (κ3) is 1.00. The molecule has 2 aliphatic carbocycles. The molecule has 0 aliphatic heterocycles. The highest BCUT2D eigenvalue weighted by atomic mass is 14.4. The van der Waals surface area contributed by atoms with Crippen molar-refractivity contribution in [2.75, 3.05) is 0 Å². The van der Waals surface area contributed by atoms with Crippen molar-refractivity contribution in [2.45, 2.75) is 45.4 Å². The van der Waals surface area contributed by atoms with Crippen LogP contribution in [0.2, 0.25) is 0 Å². The first-order valence-corrected chi connectivity index (χ1v) is 5.86. The summed E-state index contributed by atoms with van der Waals surface area (Å²) >= 11 is 0. The van der Waals surface area contributed by atoms with Gasteiger partial charge in [-0.3, -0.25) is 0 Å². The minimum absolute atomic E-state index is 0.921. The lowest BCUT2D eigenvalue weighted by atomic mass is 9.92. The van der Waals surface area contributed by atoms with E-state index < -0.39 is 0 Å². The second-order valence-corrected chi connectivity index (χ2v) is 5.09. The lowest BCUT2D eigenvalue weighted by Crippen LogP contribution is -1.98. The van der Waals surface area contributed by atoms with E-state index in [2.05, 4.69) is 26.0 Å². The molecule has 0 amide bonds. The van der Waals surface area contributed by atoms with E-state index in [1.54, 1.807) is 16.7 Å². The topological polar surface area (TPSA) is 0 Å². The number of hydrogen-bond acceptors (Lipinski definition) is 0. The summed E-state index contributed by atoms with van der Waals surface area (Å²) in [4.78, 5) is 0. The van der Waals surface area contributed by atoms with E-state index in [4.69, 9.17) is 0 Å². The molecule has 1 fully saturated rings. The molecule has 0 spiro atoms. The molecular formula is C14H18. The molecule has 2 unspecified atom stereocenters. The van der Waals surface area contributed by atoms with Gasteiger partial charge in [-0.15, -0.1) is 0 Å². The summed E-state index contributed by atoms with van der Waals surface area (Å²) in [5.74, 6) is 1.91. The molecule has 0 saturated heterocycles. The van der Waals surface area contributed by atoms with Crippen molar-refractivity contribution in [1.82, 2.24) is 0 Å². The quantitative estimate of drug-likeness (QED) is 0.579. The van der Waals surface area contributed by atoms with Crippen molar-refractivity contribution in [3.05, 3.63) is 34.4 Å². The first-order chi connectivity index (χ1) is 6.77. The van der Waals surface area contributed by atoms with Crippen LogP contribution in [0.1, 0.15) is 47.4 Å². The molecule has 0 nitrogen and oxygen atoms in total. The van der Waals surface area contributed by atoms with Crippen LogP contribution in [0.5, 0.6) is 0 Å². The Bertz CT molecular complexity index is 376. The Morgan fingerprint density at radius 1 is 1.07 bits per heavy atom. The van der Waals surface area contributed by atoms with Gasteiger partial charge < -0.3 is 0 Å². The Kier molecular flexibility index (Phi) is 1.74. The van der Waals surface area contributed by atoms with Crippen LogP contribution >= 0.6 is 0 Å². The average Bonchev–Trinajstić information content (AvgIpc) is 2.70. The summed E-state index contributed by atoms with van der Waals surface area (Å²) in [6.07, 6.45) is 5.75. The number of aryl methyl sites for hydroxylation is 2. The number of fused-ring (bicyclic) bond motifs is 3. The van der Waals surface area contributed by atoms with Crippen molar-refractivity contribution in [3.63, 3.8) is 0 Å². The highest BCUT2D eigenvalue weighted by Gasteiger charge is 2.37. The van der Waals surface area contributed by atoms with E-state index in [1.165, 1.54) is 31.2 Å². The predicted molar refractivity (Wildman–Crippen MR) is 59.7 cm³/mol. The maximum absolute atomic E-state index is 2.31. The van der Waals surface area contributed by atoms with Gasteiger partial charge in [0.15, 0.2) is 0 Å². The van der Waals surface area contributed by atoms with Gasteiger partial charge in [0.25, 0.3) is 0 Å². The van der Waals surface area contributed by atoms with E-state index in [1.807, 2.05) is 0 Å². The molecule has 0 N–H and O–H groups in total. The van der Waals surface area contributed by atoms with E-state index in [9.17, 15) is 0 Å². The average molecular weight is 186 g/mol. The maximum Gasteiger partial charge on any atom is -0.0125 e. The van der Waals surface area contributed by atoms with E-state index >= 15 is 0 Å². The Balaban J connectivity index is 2.18. The summed E-state index contributed by atoms with van der Waals surface area (Å²) in [6, 6.07) is 4.62. The molecule has 1 aromatic carbocycles. The van der Waals surface area contributed by atoms with Crippen LogP contribution in [-0.2, 0) is 6.42 Å². The monoisotopic (exact) mass is 186 g/mol. The molecule has 0 aromatic heterocycles. The van der Waals surface area contributed by atoms with Crippen LogP contribution in [0.4, 0.5) is 0 Å². The summed E-state index contributed by atoms with van der Waals surface area (Å²) < 4.78 is 0. The van der Waals surface area contributed by atoms with Crippen LogP contribution in [0.3, 0.4) is 0 Å². The number of hydrogen-bond donors (Lipinski definition) is 0. The van der Waals surface area contributed by atoms with Crippen LogP contribution in [0, 0.1) is 19.8 Å². The molecule has 1 aromatic rings. The van der Waals surface area contributed by atoms with Gasteiger partial charge in [-0.2, -0.15) is 0 Å². The van der Waals surface area contributed by atoms with E-state index in [0.29, 0.717) is 0 Å². The molecule has 0 bridgehead atoms. The van der Waals surface area contributed by atoms with Gasteiger partial charge in [0, 0.05) is 0 Å². The molecule has 0 heteroatoms. The molecular weight excluding hydrogens is 168 g/mol. The van der Waals surface area contributed by atoms with Gasteiger partial charge in [-0.1, -0.05) is 18.6 Å². The summed E-state index contributed by atoms with van der Waals surface area (Å²) in [5.41, 5.74) is 6.49. The highest BCUT2D eigenvalue weighted by molar-refractivity contribution is 5.47. The van der Waals surface area contributed by atoms with Crippen molar-refractivity contribution < 1.29 is 0 Å². The second kappa shape index (κ2) is 2.85. The van der Waals surface area contributed by atoms with Gasteiger partial charge in [0.1, 0.15) is 0 Å². The summed E-state index contributed by atoms with van der Waals surface area (Å²) in [5, 5.41) is 0. The Labute approximate surface area is 86.3 Å². The van der Waals surface area contributed by atoms with Crippen molar-refractivity contribution >= 4 is 0 Å². The minimum Gasteiger partial charge on any atom is -0.0588 e. The number of benzene rings is 1. The molecule has 1 saturated carbocycles. The SMILES string of the molecule is Cc1ccc(C)c2c1CC1CCCC21. The first kappa shape index (κ1) is 8.52. The zero-order chi connectivity index (χ0) is 9.71. The molecule has 0 radical (unpaired) electrons. The van der Waals surface area contributed by atoms with Crippen LogP contribution in [0.25, 0.3) is 0 Å².